The predicted octanol–water partition coefficient (Wildman–Crippen LogP) is -0.178. The zero-order valence-corrected chi connectivity index (χ0v) is 3.46. The molecule has 34 valence electrons. The highest BCUT2D eigenvalue weighted by Crippen LogP contribution is 1.94. The van der Waals surface area contributed by atoms with Gasteiger partial charge in [-0.05, 0) is 6.42 Å². The van der Waals surface area contributed by atoms with E-state index in [0.717, 1.165) is 13.0 Å². The quantitative estimate of drug-likeness (QED) is 0.435. The molecule has 1 aliphatic rings. The van der Waals surface area contributed by atoms with E-state index in [2.05, 4.69) is 4.99 Å². The maximum atomic E-state index is 8.58. The number of nitrogens with zero attached hydrogens (tertiary/aromatic N) is 1. The Morgan fingerprint density at radius 3 is 2.83 bits per heavy atom. The van der Waals surface area contributed by atoms with Crippen molar-refractivity contribution in [3.8, 4) is 0 Å². The van der Waals surface area contributed by atoms with E-state index >= 15 is 0 Å². The summed E-state index contributed by atoms with van der Waals surface area (Å²) in [6.07, 6.45) is 2.16. The van der Waals surface area contributed by atoms with E-state index in [1.165, 1.54) is 0 Å². The average Bonchev–Trinajstić information content (AvgIpc) is 1.86. The van der Waals surface area contributed by atoms with E-state index in [9.17, 15) is 0 Å². The molecule has 1 rings (SSSR count). The van der Waals surface area contributed by atoms with Crippen LogP contribution in [0.25, 0.3) is 0 Å². The fourth-order valence-corrected chi connectivity index (χ4v) is 0.478. The zero-order chi connectivity index (χ0) is 4.41. The molecule has 0 saturated carbocycles. The highest BCUT2D eigenvalue weighted by molar-refractivity contribution is 5.64. The van der Waals surface area contributed by atoms with Crippen LogP contribution in [0, 0.1) is 0 Å². The molecule has 1 heterocycles. The summed E-state index contributed by atoms with van der Waals surface area (Å²) in [5.74, 6) is 0. The van der Waals surface area contributed by atoms with Gasteiger partial charge in [-0.2, -0.15) is 0 Å². The Morgan fingerprint density at radius 1 is 1.83 bits per heavy atom. The van der Waals surface area contributed by atoms with Crippen LogP contribution in [-0.2, 0) is 0 Å². The van der Waals surface area contributed by atoms with Crippen LogP contribution in [0.3, 0.4) is 0 Å². The van der Waals surface area contributed by atoms with E-state index in [4.69, 9.17) is 5.11 Å². The second-order valence-electron chi connectivity index (χ2n) is 1.41. The van der Waals surface area contributed by atoms with Crippen molar-refractivity contribution in [2.75, 3.05) is 6.54 Å². The molecule has 0 radical (unpaired) electrons. The second-order valence-corrected chi connectivity index (χ2v) is 1.41. The molecule has 0 aromatic rings. The summed E-state index contributed by atoms with van der Waals surface area (Å²) in [6.45, 7) is 0.807. The molecule has 0 fully saturated rings. The van der Waals surface area contributed by atoms with Crippen LogP contribution < -0.4 is 0 Å². The van der Waals surface area contributed by atoms with Crippen molar-refractivity contribution >= 4 is 6.21 Å². The van der Waals surface area contributed by atoms with Gasteiger partial charge in [0.2, 0.25) is 0 Å². The summed E-state index contributed by atoms with van der Waals surface area (Å²) in [4.78, 5) is 3.79. The van der Waals surface area contributed by atoms with Crippen LogP contribution in [0.1, 0.15) is 6.42 Å². The number of rotatable bonds is 0. The van der Waals surface area contributed by atoms with Crippen molar-refractivity contribution in [2.24, 2.45) is 4.99 Å². The van der Waals surface area contributed by atoms with Gasteiger partial charge in [0.25, 0.3) is 0 Å². The first-order valence-corrected chi connectivity index (χ1v) is 2.07. The standard InChI is InChI=1S/C4H7NO/c6-4-1-2-5-3-4/h3-4,6H,1-2H2/t4-/m1/s1. The normalized spacial score (nSPS) is 31.8. The van der Waals surface area contributed by atoms with E-state index < -0.39 is 0 Å². The Labute approximate surface area is 36.5 Å². The molecule has 0 bridgehead atoms. The van der Waals surface area contributed by atoms with Crippen molar-refractivity contribution in [1.82, 2.24) is 0 Å². The van der Waals surface area contributed by atoms with Gasteiger partial charge in [0.15, 0.2) is 0 Å². The Morgan fingerprint density at radius 2 is 2.67 bits per heavy atom. The summed E-state index contributed by atoms with van der Waals surface area (Å²) in [5.41, 5.74) is 0. The minimum Gasteiger partial charge on any atom is -0.387 e. The van der Waals surface area contributed by atoms with Gasteiger partial charge in [0.05, 0.1) is 6.10 Å². The molecule has 2 nitrogen and oxygen atoms in total. The number of aliphatic hydroxyl groups excluding tert-OH is 1. The summed E-state index contributed by atoms with van der Waals surface area (Å²) < 4.78 is 0. The number of aliphatic hydroxyl groups is 1. The van der Waals surface area contributed by atoms with E-state index in [0.29, 0.717) is 0 Å². The lowest BCUT2D eigenvalue weighted by Crippen LogP contribution is -2.00. The highest BCUT2D eigenvalue weighted by Gasteiger charge is 2.02. The number of hydrogen-bond donors (Lipinski definition) is 1. The third-order valence-corrected chi connectivity index (χ3v) is 0.831. The summed E-state index contributed by atoms with van der Waals surface area (Å²) in [5, 5.41) is 8.58. The fraction of sp³-hybridized carbons (Fsp3) is 0.750. The first-order valence-electron chi connectivity index (χ1n) is 2.07. The van der Waals surface area contributed by atoms with Gasteiger partial charge < -0.3 is 5.11 Å². The van der Waals surface area contributed by atoms with Gasteiger partial charge in [0.1, 0.15) is 0 Å². The molecule has 0 unspecified atom stereocenters. The molecule has 2 heteroatoms. The predicted molar refractivity (Wildman–Crippen MR) is 24.0 cm³/mol. The summed E-state index contributed by atoms with van der Waals surface area (Å²) in [6, 6.07) is 0. The molecular formula is C4H7NO. The lowest BCUT2D eigenvalue weighted by molar-refractivity contribution is 0.247. The molecule has 1 aliphatic heterocycles. The zero-order valence-electron chi connectivity index (χ0n) is 3.46. The lowest BCUT2D eigenvalue weighted by Gasteiger charge is -1.86. The number of hydrogen-bond acceptors (Lipinski definition) is 2. The van der Waals surface area contributed by atoms with Crippen LogP contribution in [0.2, 0.25) is 0 Å². The average molecular weight is 85.1 g/mol. The van der Waals surface area contributed by atoms with E-state index in [-0.39, 0.29) is 6.10 Å². The van der Waals surface area contributed by atoms with Crippen molar-refractivity contribution in [1.29, 1.82) is 0 Å². The van der Waals surface area contributed by atoms with Crippen molar-refractivity contribution in [3.63, 3.8) is 0 Å². The number of aliphatic imine (C=N–C) groups is 1. The van der Waals surface area contributed by atoms with E-state index in [1.807, 2.05) is 0 Å². The first kappa shape index (κ1) is 3.81. The first-order chi connectivity index (χ1) is 2.89. The Kier molecular flexibility index (Phi) is 0.881. The van der Waals surface area contributed by atoms with Crippen LogP contribution in [0.15, 0.2) is 4.99 Å². The molecule has 1 N–H and O–H groups in total. The van der Waals surface area contributed by atoms with Crippen LogP contribution in [0.4, 0.5) is 0 Å². The molecule has 6 heavy (non-hydrogen) atoms. The summed E-state index contributed by atoms with van der Waals surface area (Å²) in [7, 11) is 0. The largest absolute Gasteiger partial charge is 0.387 e. The van der Waals surface area contributed by atoms with Gasteiger partial charge in [-0.1, -0.05) is 0 Å². The van der Waals surface area contributed by atoms with Crippen LogP contribution in [0.5, 0.6) is 0 Å². The Balaban J connectivity index is 2.38. The molecule has 0 aromatic carbocycles. The van der Waals surface area contributed by atoms with Gasteiger partial charge >= 0.3 is 0 Å². The molecule has 0 spiro atoms. The van der Waals surface area contributed by atoms with E-state index in [1.54, 1.807) is 6.21 Å². The Hall–Kier alpha value is -0.370. The smallest absolute Gasteiger partial charge is 0.0904 e. The van der Waals surface area contributed by atoms with Gasteiger partial charge in [-0.25, -0.2) is 0 Å². The molecule has 1 atom stereocenters. The SMILES string of the molecule is O[C@H]1C=NCC1. The maximum absolute atomic E-state index is 8.58. The van der Waals surface area contributed by atoms with Crippen LogP contribution in [-0.4, -0.2) is 24.0 Å². The second kappa shape index (κ2) is 1.39. The third kappa shape index (κ3) is 0.571. The molecular weight excluding hydrogens is 78.0 g/mol. The molecule has 0 saturated heterocycles. The Bertz CT molecular complexity index is 69.9. The van der Waals surface area contributed by atoms with Crippen molar-refractivity contribution < 1.29 is 5.11 Å². The topological polar surface area (TPSA) is 32.6 Å². The molecule has 0 aromatic heterocycles. The lowest BCUT2D eigenvalue weighted by atomic mass is 10.3. The third-order valence-electron chi connectivity index (χ3n) is 0.831. The maximum Gasteiger partial charge on any atom is 0.0904 e. The minimum atomic E-state index is -0.245. The molecule has 0 aliphatic carbocycles. The van der Waals surface area contributed by atoms with Gasteiger partial charge in [-0.3, -0.25) is 4.99 Å². The van der Waals surface area contributed by atoms with Crippen molar-refractivity contribution in [2.45, 2.75) is 12.5 Å². The van der Waals surface area contributed by atoms with Crippen molar-refractivity contribution in [3.05, 3.63) is 0 Å². The fourth-order valence-electron chi connectivity index (χ4n) is 0.478. The highest BCUT2D eigenvalue weighted by atomic mass is 16.3. The van der Waals surface area contributed by atoms with Gasteiger partial charge in [0, 0.05) is 12.8 Å². The summed E-state index contributed by atoms with van der Waals surface area (Å²) >= 11 is 0. The monoisotopic (exact) mass is 85.1 g/mol. The van der Waals surface area contributed by atoms with Gasteiger partial charge in [-0.15, -0.1) is 0 Å². The molecule has 0 amide bonds. The van der Waals surface area contributed by atoms with Crippen LogP contribution >= 0.6 is 0 Å². The minimum absolute atomic E-state index is 0.245.